The maximum atomic E-state index is 5.81. The normalized spacial score (nSPS) is 18.1. The second kappa shape index (κ2) is 5.46. The van der Waals surface area contributed by atoms with Crippen LogP contribution in [-0.2, 0) is 4.74 Å². The summed E-state index contributed by atoms with van der Waals surface area (Å²) in [5, 5.41) is 3.22. The number of ether oxygens (including phenoxy) is 1. The maximum Gasteiger partial charge on any atom is 0.227 e. The highest BCUT2D eigenvalue weighted by molar-refractivity contribution is 5.63. The molecule has 1 saturated heterocycles. The molecular weight excluding hydrogens is 252 g/mol. The van der Waals surface area contributed by atoms with Gasteiger partial charge < -0.3 is 15.8 Å². The number of nitrogens with one attached hydrogen (secondary N) is 1. The first kappa shape index (κ1) is 12.9. The third kappa shape index (κ3) is 2.72. The molecule has 1 atom stereocenters. The molecule has 0 bridgehead atoms. The predicted octanol–water partition coefficient (Wildman–Crippen LogP) is 2.96. The van der Waals surface area contributed by atoms with Crippen LogP contribution in [0.5, 0.6) is 0 Å². The van der Waals surface area contributed by atoms with E-state index in [1.54, 1.807) is 6.20 Å². The van der Waals surface area contributed by atoms with Gasteiger partial charge in [-0.2, -0.15) is 0 Å². The van der Waals surface area contributed by atoms with Crippen LogP contribution in [0.15, 0.2) is 30.5 Å². The molecule has 1 aromatic heterocycles. The molecule has 1 fully saturated rings. The predicted molar refractivity (Wildman–Crippen MR) is 78.8 cm³/mol. The van der Waals surface area contributed by atoms with Gasteiger partial charge >= 0.3 is 0 Å². The van der Waals surface area contributed by atoms with Gasteiger partial charge in [0.1, 0.15) is 0 Å². The van der Waals surface area contributed by atoms with E-state index in [0.29, 0.717) is 11.6 Å². The van der Waals surface area contributed by atoms with Crippen LogP contribution in [0.25, 0.3) is 0 Å². The average Bonchev–Trinajstić information content (AvgIpc) is 2.97. The van der Waals surface area contributed by atoms with Gasteiger partial charge in [0, 0.05) is 24.2 Å². The number of nitrogens with zero attached hydrogens (tertiary/aromatic N) is 2. The topological polar surface area (TPSA) is 73.1 Å². The Morgan fingerprint density at radius 1 is 1.35 bits per heavy atom. The molecule has 2 heterocycles. The Kier molecular flexibility index (Phi) is 3.52. The van der Waals surface area contributed by atoms with E-state index in [-0.39, 0.29) is 6.10 Å². The summed E-state index contributed by atoms with van der Waals surface area (Å²) in [6.07, 6.45) is 3.97. The fourth-order valence-corrected chi connectivity index (χ4v) is 2.32. The molecule has 0 spiro atoms. The van der Waals surface area contributed by atoms with Crippen LogP contribution in [-0.4, -0.2) is 16.6 Å². The average molecular weight is 270 g/mol. The van der Waals surface area contributed by atoms with E-state index in [0.717, 1.165) is 36.4 Å². The first-order valence-corrected chi connectivity index (χ1v) is 6.80. The van der Waals surface area contributed by atoms with Gasteiger partial charge in [-0.15, -0.1) is 0 Å². The molecule has 3 N–H and O–H groups in total. The first-order valence-electron chi connectivity index (χ1n) is 6.80. The molecule has 0 saturated carbocycles. The third-order valence-electron chi connectivity index (χ3n) is 3.44. The maximum absolute atomic E-state index is 5.81. The van der Waals surface area contributed by atoms with Gasteiger partial charge in [-0.25, -0.2) is 9.97 Å². The van der Waals surface area contributed by atoms with Crippen LogP contribution >= 0.6 is 0 Å². The van der Waals surface area contributed by atoms with E-state index in [9.17, 15) is 0 Å². The van der Waals surface area contributed by atoms with Crippen molar-refractivity contribution in [2.45, 2.75) is 25.9 Å². The Labute approximate surface area is 118 Å². The second-order valence-corrected chi connectivity index (χ2v) is 5.01. The summed E-state index contributed by atoms with van der Waals surface area (Å²) in [6, 6.07) is 7.65. The highest BCUT2D eigenvalue weighted by atomic mass is 16.5. The summed E-state index contributed by atoms with van der Waals surface area (Å²) < 4.78 is 5.65. The van der Waals surface area contributed by atoms with Crippen LogP contribution in [0.4, 0.5) is 17.3 Å². The summed E-state index contributed by atoms with van der Waals surface area (Å²) >= 11 is 0. The molecule has 3 rings (SSSR count). The SMILES string of the molecule is Cc1ccc(N)cc1Nc1nccc(C2CCCO2)n1. The summed E-state index contributed by atoms with van der Waals surface area (Å²) in [5.74, 6) is 0.576. The molecular formula is C15H18N4O. The number of nitrogens with two attached hydrogens (primary N) is 1. The van der Waals surface area contributed by atoms with E-state index >= 15 is 0 Å². The summed E-state index contributed by atoms with van der Waals surface area (Å²) in [6.45, 7) is 2.83. The van der Waals surface area contributed by atoms with Gasteiger partial charge in [-0.1, -0.05) is 6.07 Å². The molecule has 20 heavy (non-hydrogen) atoms. The Balaban J connectivity index is 1.83. The van der Waals surface area contributed by atoms with Gasteiger partial charge in [0.2, 0.25) is 5.95 Å². The Hall–Kier alpha value is -2.14. The van der Waals surface area contributed by atoms with Crippen molar-refractivity contribution in [3.05, 3.63) is 41.7 Å². The van der Waals surface area contributed by atoms with E-state index < -0.39 is 0 Å². The highest BCUT2D eigenvalue weighted by Crippen LogP contribution is 2.28. The third-order valence-corrected chi connectivity index (χ3v) is 3.44. The number of hydrogen-bond donors (Lipinski definition) is 2. The van der Waals surface area contributed by atoms with Crippen LogP contribution in [0, 0.1) is 6.92 Å². The van der Waals surface area contributed by atoms with Crippen molar-refractivity contribution in [3.63, 3.8) is 0 Å². The lowest BCUT2D eigenvalue weighted by Gasteiger charge is -2.12. The second-order valence-electron chi connectivity index (χ2n) is 5.01. The lowest BCUT2D eigenvalue weighted by atomic mass is 10.2. The van der Waals surface area contributed by atoms with Crippen molar-refractivity contribution < 1.29 is 4.74 Å². The molecule has 0 amide bonds. The zero-order chi connectivity index (χ0) is 13.9. The Morgan fingerprint density at radius 2 is 2.25 bits per heavy atom. The zero-order valence-corrected chi connectivity index (χ0v) is 11.5. The molecule has 1 unspecified atom stereocenters. The van der Waals surface area contributed by atoms with Gasteiger partial charge in [0.15, 0.2) is 0 Å². The van der Waals surface area contributed by atoms with E-state index in [4.69, 9.17) is 10.5 Å². The lowest BCUT2D eigenvalue weighted by molar-refractivity contribution is 0.108. The number of rotatable bonds is 3. The Morgan fingerprint density at radius 3 is 3.05 bits per heavy atom. The fourth-order valence-electron chi connectivity index (χ4n) is 2.32. The largest absolute Gasteiger partial charge is 0.399 e. The molecule has 1 aromatic carbocycles. The van der Waals surface area contributed by atoms with Gasteiger partial charge in [0.25, 0.3) is 0 Å². The van der Waals surface area contributed by atoms with Crippen molar-refractivity contribution >= 4 is 17.3 Å². The molecule has 104 valence electrons. The summed E-state index contributed by atoms with van der Waals surface area (Å²) in [4.78, 5) is 8.79. The molecule has 5 nitrogen and oxygen atoms in total. The lowest BCUT2D eigenvalue weighted by Crippen LogP contribution is -2.04. The highest BCUT2D eigenvalue weighted by Gasteiger charge is 2.19. The summed E-state index contributed by atoms with van der Waals surface area (Å²) in [5.41, 5.74) is 9.49. The van der Waals surface area contributed by atoms with E-state index in [2.05, 4.69) is 15.3 Å². The molecule has 5 heteroatoms. The van der Waals surface area contributed by atoms with Crippen LogP contribution < -0.4 is 11.1 Å². The Bertz CT molecular complexity index is 609. The number of nitrogen functional groups attached to an aromatic ring is 1. The minimum atomic E-state index is 0.0977. The minimum Gasteiger partial charge on any atom is -0.399 e. The minimum absolute atomic E-state index is 0.0977. The van der Waals surface area contributed by atoms with Crippen LogP contribution in [0.2, 0.25) is 0 Å². The van der Waals surface area contributed by atoms with Gasteiger partial charge in [0.05, 0.1) is 11.8 Å². The fraction of sp³-hybridized carbons (Fsp3) is 0.333. The summed E-state index contributed by atoms with van der Waals surface area (Å²) in [7, 11) is 0. The van der Waals surface area contributed by atoms with E-state index in [1.165, 1.54) is 0 Å². The standard InChI is InChI=1S/C15H18N4O/c1-10-4-5-11(16)9-13(10)19-15-17-7-6-12(18-15)14-3-2-8-20-14/h4-7,9,14H,2-3,8,16H2,1H3,(H,17,18,19). The zero-order valence-electron chi connectivity index (χ0n) is 11.5. The monoisotopic (exact) mass is 270 g/mol. The van der Waals surface area contributed by atoms with Crippen molar-refractivity contribution in [1.82, 2.24) is 9.97 Å². The van der Waals surface area contributed by atoms with Crippen molar-refractivity contribution in [2.24, 2.45) is 0 Å². The van der Waals surface area contributed by atoms with Crippen LogP contribution in [0.3, 0.4) is 0 Å². The molecule has 2 aromatic rings. The van der Waals surface area contributed by atoms with Gasteiger partial charge in [-0.3, -0.25) is 0 Å². The number of benzene rings is 1. The van der Waals surface area contributed by atoms with Crippen molar-refractivity contribution in [3.8, 4) is 0 Å². The molecule has 1 aliphatic rings. The van der Waals surface area contributed by atoms with Gasteiger partial charge in [-0.05, 0) is 43.5 Å². The number of aryl methyl sites for hydroxylation is 1. The quantitative estimate of drug-likeness (QED) is 0.839. The first-order chi connectivity index (χ1) is 9.72. The van der Waals surface area contributed by atoms with Crippen molar-refractivity contribution in [1.29, 1.82) is 0 Å². The number of aromatic nitrogens is 2. The smallest absolute Gasteiger partial charge is 0.227 e. The van der Waals surface area contributed by atoms with E-state index in [1.807, 2.05) is 31.2 Å². The number of anilines is 3. The molecule has 0 radical (unpaired) electrons. The molecule has 1 aliphatic heterocycles. The van der Waals surface area contributed by atoms with Crippen LogP contribution in [0.1, 0.15) is 30.2 Å². The van der Waals surface area contributed by atoms with Crippen molar-refractivity contribution in [2.75, 3.05) is 17.7 Å². The molecule has 0 aliphatic carbocycles. The number of hydrogen-bond acceptors (Lipinski definition) is 5.